The number of halogens is 2. The van der Waals surface area contributed by atoms with Crippen LogP contribution in [-0.2, 0) is 0 Å². The monoisotopic (exact) mass is 341 g/mol. The van der Waals surface area contributed by atoms with Crippen molar-refractivity contribution < 1.29 is 9.18 Å². The fourth-order valence-corrected chi connectivity index (χ4v) is 2.21. The highest BCUT2D eigenvalue weighted by molar-refractivity contribution is 6.30. The summed E-state index contributed by atoms with van der Waals surface area (Å²) < 4.78 is 13.7. The molecule has 24 heavy (non-hydrogen) atoms. The number of para-hydroxylation sites is 1. The van der Waals surface area contributed by atoms with Crippen LogP contribution >= 0.6 is 11.6 Å². The molecule has 4 nitrogen and oxygen atoms in total. The van der Waals surface area contributed by atoms with Crippen LogP contribution in [0.5, 0.6) is 0 Å². The molecule has 0 saturated carbocycles. The van der Waals surface area contributed by atoms with Crippen LogP contribution in [0.2, 0.25) is 5.02 Å². The standard InChI is InChI=1S/C18H13ClFN3O/c19-13-5-7-14(8-6-13)23-18(24)12-9-15(11-21-10-12)22-17-4-2-1-3-16(17)20/h1-11,22H,(H,23,24). The third-order valence-corrected chi connectivity index (χ3v) is 3.51. The molecule has 3 aromatic rings. The Balaban J connectivity index is 1.76. The van der Waals surface area contributed by atoms with Crippen LogP contribution in [0.3, 0.4) is 0 Å². The van der Waals surface area contributed by atoms with Gasteiger partial charge in [-0.25, -0.2) is 4.39 Å². The first kappa shape index (κ1) is 16.0. The molecule has 0 aliphatic heterocycles. The van der Waals surface area contributed by atoms with Gasteiger partial charge in [-0.3, -0.25) is 9.78 Å². The normalized spacial score (nSPS) is 10.2. The Hall–Kier alpha value is -2.92. The average molecular weight is 342 g/mol. The number of carbonyl (C=O) groups is 1. The van der Waals surface area contributed by atoms with Gasteiger partial charge in [0, 0.05) is 16.9 Å². The van der Waals surface area contributed by atoms with E-state index in [1.54, 1.807) is 48.5 Å². The third kappa shape index (κ3) is 3.88. The van der Waals surface area contributed by atoms with Crippen LogP contribution in [-0.4, -0.2) is 10.9 Å². The Morgan fingerprint density at radius 3 is 2.50 bits per heavy atom. The first-order valence-electron chi connectivity index (χ1n) is 7.15. The number of anilines is 3. The van der Waals surface area contributed by atoms with Crippen LogP contribution in [0, 0.1) is 5.82 Å². The van der Waals surface area contributed by atoms with Gasteiger partial charge in [-0.15, -0.1) is 0 Å². The molecule has 120 valence electrons. The molecule has 2 aromatic carbocycles. The molecule has 2 N–H and O–H groups in total. The first-order chi connectivity index (χ1) is 11.6. The summed E-state index contributed by atoms with van der Waals surface area (Å²) in [7, 11) is 0. The Kier molecular flexibility index (Phi) is 4.72. The number of nitrogens with one attached hydrogen (secondary N) is 2. The highest BCUT2D eigenvalue weighted by atomic mass is 35.5. The molecule has 0 spiro atoms. The largest absolute Gasteiger partial charge is 0.352 e. The van der Waals surface area contributed by atoms with Crippen molar-refractivity contribution in [1.29, 1.82) is 0 Å². The minimum absolute atomic E-state index is 0.314. The van der Waals surface area contributed by atoms with E-state index in [2.05, 4.69) is 15.6 Å². The van der Waals surface area contributed by atoms with Gasteiger partial charge in [0.2, 0.25) is 0 Å². The highest BCUT2D eigenvalue weighted by Gasteiger charge is 2.09. The van der Waals surface area contributed by atoms with Gasteiger partial charge >= 0.3 is 0 Å². The highest BCUT2D eigenvalue weighted by Crippen LogP contribution is 2.20. The van der Waals surface area contributed by atoms with Gasteiger partial charge in [0.25, 0.3) is 5.91 Å². The van der Waals surface area contributed by atoms with Crippen molar-refractivity contribution in [3.63, 3.8) is 0 Å². The Morgan fingerprint density at radius 2 is 1.75 bits per heavy atom. The second-order valence-corrected chi connectivity index (χ2v) is 5.46. The lowest BCUT2D eigenvalue weighted by Gasteiger charge is -2.09. The van der Waals surface area contributed by atoms with Gasteiger partial charge in [-0.1, -0.05) is 23.7 Å². The van der Waals surface area contributed by atoms with Crippen LogP contribution in [0.25, 0.3) is 0 Å². The lowest BCUT2D eigenvalue weighted by molar-refractivity contribution is 0.102. The van der Waals surface area contributed by atoms with Crippen LogP contribution in [0.1, 0.15) is 10.4 Å². The van der Waals surface area contributed by atoms with Crippen molar-refractivity contribution >= 4 is 34.6 Å². The zero-order valence-corrected chi connectivity index (χ0v) is 13.2. The summed E-state index contributed by atoms with van der Waals surface area (Å²) >= 11 is 5.81. The summed E-state index contributed by atoms with van der Waals surface area (Å²) in [6, 6.07) is 14.7. The molecule has 3 rings (SSSR count). The third-order valence-electron chi connectivity index (χ3n) is 3.26. The summed E-state index contributed by atoms with van der Waals surface area (Å²) in [6.45, 7) is 0. The van der Waals surface area contributed by atoms with E-state index in [9.17, 15) is 9.18 Å². The van der Waals surface area contributed by atoms with Gasteiger partial charge in [0.05, 0.1) is 23.1 Å². The molecule has 6 heteroatoms. The summed E-state index contributed by atoms with van der Waals surface area (Å²) in [6.07, 6.45) is 2.96. The Labute approximate surface area is 143 Å². The van der Waals surface area contributed by atoms with Crippen LogP contribution < -0.4 is 10.6 Å². The molecule has 0 bridgehead atoms. The number of pyridine rings is 1. The maximum Gasteiger partial charge on any atom is 0.257 e. The van der Waals surface area contributed by atoms with E-state index >= 15 is 0 Å². The zero-order chi connectivity index (χ0) is 16.9. The minimum Gasteiger partial charge on any atom is -0.352 e. The summed E-state index contributed by atoms with van der Waals surface area (Å²) in [4.78, 5) is 16.3. The molecule has 0 aliphatic carbocycles. The van der Waals surface area contributed by atoms with E-state index in [4.69, 9.17) is 11.6 Å². The number of aromatic nitrogens is 1. The number of carbonyl (C=O) groups excluding carboxylic acids is 1. The Bertz CT molecular complexity index is 868. The van der Waals surface area contributed by atoms with Gasteiger partial charge in [-0.05, 0) is 42.5 Å². The molecule has 0 radical (unpaired) electrons. The second kappa shape index (κ2) is 7.10. The molecule has 1 heterocycles. The molecule has 0 unspecified atom stereocenters. The molecule has 0 fully saturated rings. The molecular formula is C18H13ClFN3O. The molecule has 0 saturated heterocycles. The minimum atomic E-state index is -0.381. The van der Waals surface area contributed by atoms with Crippen LogP contribution in [0.15, 0.2) is 67.0 Å². The lowest BCUT2D eigenvalue weighted by Crippen LogP contribution is -2.12. The zero-order valence-electron chi connectivity index (χ0n) is 12.5. The second-order valence-electron chi connectivity index (χ2n) is 5.03. The fraction of sp³-hybridized carbons (Fsp3) is 0. The van der Waals surface area contributed by atoms with E-state index in [1.165, 1.54) is 18.5 Å². The number of benzene rings is 2. The molecule has 1 amide bonds. The van der Waals surface area contributed by atoms with Crippen LogP contribution in [0.4, 0.5) is 21.5 Å². The molecule has 0 atom stereocenters. The smallest absolute Gasteiger partial charge is 0.257 e. The first-order valence-corrected chi connectivity index (χ1v) is 7.53. The summed E-state index contributed by atoms with van der Waals surface area (Å²) in [5, 5.41) is 6.24. The molecule has 1 aromatic heterocycles. The van der Waals surface area contributed by atoms with Crippen molar-refractivity contribution in [2.75, 3.05) is 10.6 Å². The topological polar surface area (TPSA) is 54.0 Å². The number of nitrogens with zero attached hydrogens (tertiary/aromatic N) is 1. The van der Waals surface area contributed by atoms with Crippen molar-refractivity contribution in [2.45, 2.75) is 0 Å². The van der Waals surface area contributed by atoms with E-state index in [1.807, 2.05) is 0 Å². The van der Waals surface area contributed by atoms with Gasteiger partial charge < -0.3 is 10.6 Å². The van der Waals surface area contributed by atoms with Crippen molar-refractivity contribution in [3.05, 3.63) is 83.4 Å². The predicted octanol–water partition coefficient (Wildman–Crippen LogP) is 4.87. The molecule has 0 aliphatic rings. The summed E-state index contributed by atoms with van der Waals surface area (Å²) in [5.41, 5.74) is 1.81. The van der Waals surface area contributed by atoms with Crippen molar-refractivity contribution in [2.24, 2.45) is 0 Å². The number of amides is 1. The average Bonchev–Trinajstić information content (AvgIpc) is 2.59. The number of rotatable bonds is 4. The fourth-order valence-electron chi connectivity index (χ4n) is 2.09. The van der Waals surface area contributed by atoms with Crippen molar-refractivity contribution in [3.8, 4) is 0 Å². The Morgan fingerprint density at radius 1 is 1.00 bits per heavy atom. The van der Waals surface area contributed by atoms with Gasteiger partial charge in [0.1, 0.15) is 5.82 Å². The van der Waals surface area contributed by atoms with E-state index in [-0.39, 0.29) is 11.7 Å². The van der Waals surface area contributed by atoms with Crippen molar-refractivity contribution in [1.82, 2.24) is 4.98 Å². The van der Waals surface area contributed by atoms with E-state index < -0.39 is 0 Å². The van der Waals surface area contributed by atoms with Gasteiger partial charge in [-0.2, -0.15) is 0 Å². The van der Waals surface area contributed by atoms with Gasteiger partial charge in [0.15, 0.2) is 0 Å². The number of hydrogen-bond donors (Lipinski definition) is 2. The molecular weight excluding hydrogens is 329 g/mol. The maximum atomic E-state index is 13.7. The van der Waals surface area contributed by atoms with E-state index in [0.717, 1.165) is 0 Å². The summed E-state index contributed by atoms with van der Waals surface area (Å²) in [5.74, 6) is -0.699. The lowest BCUT2D eigenvalue weighted by atomic mass is 10.2. The van der Waals surface area contributed by atoms with E-state index in [0.29, 0.717) is 27.6 Å². The SMILES string of the molecule is O=C(Nc1ccc(Cl)cc1)c1cncc(Nc2ccccc2F)c1. The quantitative estimate of drug-likeness (QED) is 0.711. The predicted molar refractivity (Wildman–Crippen MR) is 93.3 cm³/mol. The maximum absolute atomic E-state index is 13.7. The number of hydrogen-bond acceptors (Lipinski definition) is 3.